The number of urea groups is 1. The standard InChI is InChI=1S/C17H29N3O8/c1-7-9(2)13(16(24)28-6)20-14(22)10(3)18-17(25)19-11(15(23)27-5)8-12(21)26-4/h9-11,13H,7-8H2,1-6H3,(H,20,22)(H2,18,19,25)/t9-,10-,11+,13-/m0/s1. The molecule has 0 fully saturated rings. The lowest BCUT2D eigenvalue weighted by Gasteiger charge is -2.24. The number of esters is 3. The molecule has 0 bridgehead atoms. The molecule has 0 aliphatic heterocycles. The topological polar surface area (TPSA) is 149 Å². The van der Waals surface area contributed by atoms with Crippen molar-refractivity contribution in [1.29, 1.82) is 0 Å². The van der Waals surface area contributed by atoms with Gasteiger partial charge in [-0.1, -0.05) is 20.3 Å². The SMILES string of the molecule is CC[C@H](C)[C@H](NC(=O)[C@H](C)NC(=O)N[C@H](CC(=O)OC)C(=O)OC)C(=O)OC. The molecular weight excluding hydrogens is 374 g/mol. The van der Waals surface area contributed by atoms with E-state index in [-0.39, 0.29) is 5.92 Å². The van der Waals surface area contributed by atoms with Crippen molar-refractivity contribution in [3.8, 4) is 0 Å². The van der Waals surface area contributed by atoms with E-state index in [0.717, 1.165) is 14.2 Å². The Kier molecular flexibility index (Phi) is 11.2. The number of nitrogens with one attached hydrogen (secondary N) is 3. The average molecular weight is 403 g/mol. The van der Waals surface area contributed by atoms with Crippen LogP contribution in [-0.2, 0) is 33.4 Å². The summed E-state index contributed by atoms with van der Waals surface area (Å²) in [6.45, 7) is 5.03. The van der Waals surface area contributed by atoms with Gasteiger partial charge in [-0.2, -0.15) is 0 Å². The molecule has 0 saturated carbocycles. The van der Waals surface area contributed by atoms with E-state index >= 15 is 0 Å². The van der Waals surface area contributed by atoms with Crippen molar-refractivity contribution in [3.63, 3.8) is 0 Å². The summed E-state index contributed by atoms with van der Waals surface area (Å²) < 4.78 is 13.7. The number of hydrogen-bond donors (Lipinski definition) is 3. The summed E-state index contributed by atoms with van der Waals surface area (Å²) in [5.41, 5.74) is 0. The maximum absolute atomic E-state index is 12.3. The lowest BCUT2D eigenvalue weighted by Crippen LogP contribution is -2.55. The van der Waals surface area contributed by atoms with Gasteiger partial charge in [-0.25, -0.2) is 14.4 Å². The largest absolute Gasteiger partial charge is 0.469 e. The van der Waals surface area contributed by atoms with E-state index in [1.54, 1.807) is 6.92 Å². The normalized spacial score (nSPS) is 14.5. The fourth-order valence-electron chi connectivity index (χ4n) is 2.12. The molecule has 4 atom stereocenters. The molecule has 0 radical (unpaired) electrons. The molecule has 0 aromatic carbocycles. The molecule has 0 heterocycles. The van der Waals surface area contributed by atoms with Crippen LogP contribution in [0.25, 0.3) is 0 Å². The predicted molar refractivity (Wildman–Crippen MR) is 97.0 cm³/mol. The first-order valence-electron chi connectivity index (χ1n) is 8.70. The third-order valence-corrected chi connectivity index (χ3v) is 4.10. The third kappa shape index (κ3) is 8.23. The molecule has 0 unspecified atom stereocenters. The molecule has 0 aliphatic carbocycles. The maximum atomic E-state index is 12.3. The maximum Gasteiger partial charge on any atom is 0.329 e. The molecule has 28 heavy (non-hydrogen) atoms. The fourth-order valence-corrected chi connectivity index (χ4v) is 2.12. The van der Waals surface area contributed by atoms with E-state index in [1.165, 1.54) is 14.0 Å². The molecule has 0 spiro atoms. The van der Waals surface area contributed by atoms with Gasteiger partial charge < -0.3 is 30.2 Å². The summed E-state index contributed by atoms with van der Waals surface area (Å²) >= 11 is 0. The molecule has 160 valence electrons. The molecule has 0 aromatic heterocycles. The van der Waals surface area contributed by atoms with Crippen molar-refractivity contribution in [2.75, 3.05) is 21.3 Å². The van der Waals surface area contributed by atoms with Gasteiger partial charge in [0.25, 0.3) is 0 Å². The Hall–Kier alpha value is -2.85. The molecule has 0 aromatic rings. The molecule has 3 N–H and O–H groups in total. The summed E-state index contributed by atoms with van der Waals surface area (Å²) in [4.78, 5) is 59.2. The number of hydrogen-bond acceptors (Lipinski definition) is 8. The lowest BCUT2D eigenvalue weighted by atomic mass is 9.99. The van der Waals surface area contributed by atoms with Crippen LogP contribution in [0.3, 0.4) is 0 Å². The summed E-state index contributed by atoms with van der Waals surface area (Å²) in [6.07, 6.45) is 0.187. The van der Waals surface area contributed by atoms with Gasteiger partial charge in [-0.3, -0.25) is 9.59 Å². The van der Waals surface area contributed by atoms with Crippen LogP contribution in [0.5, 0.6) is 0 Å². The molecule has 11 nitrogen and oxygen atoms in total. The Bertz CT molecular complexity index is 581. The van der Waals surface area contributed by atoms with Crippen LogP contribution < -0.4 is 16.0 Å². The first kappa shape index (κ1) is 25.1. The highest BCUT2D eigenvalue weighted by Crippen LogP contribution is 2.09. The summed E-state index contributed by atoms with van der Waals surface area (Å²) in [6, 6.07) is -4.06. The zero-order valence-electron chi connectivity index (χ0n) is 17.0. The number of methoxy groups -OCH3 is 3. The first-order chi connectivity index (χ1) is 13.1. The molecule has 0 saturated heterocycles. The van der Waals surface area contributed by atoms with E-state index in [1.807, 2.05) is 6.92 Å². The molecule has 0 rings (SSSR count). The van der Waals surface area contributed by atoms with Crippen LogP contribution in [0.15, 0.2) is 0 Å². The monoisotopic (exact) mass is 403 g/mol. The predicted octanol–water partition coefficient (Wildman–Crippen LogP) is -0.517. The van der Waals surface area contributed by atoms with Crippen molar-refractivity contribution in [1.82, 2.24) is 16.0 Å². The average Bonchev–Trinajstić information content (AvgIpc) is 2.68. The quantitative estimate of drug-likeness (QED) is 0.326. The van der Waals surface area contributed by atoms with Crippen molar-refractivity contribution in [3.05, 3.63) is 0 Å². The van der Waals surface area contributed by atoms with E-state index in [9.17, 15) is 24.0 Å². The van der Waals surface area contributed by atoms with Crippen LogP contribution >= 0.6 is 0 Å². The number of carbonyl (C=O) groups excluding carboxylic acids is 5. The highest BCUT2D eigenvalue weighted by Gasteiger charge is 2.30. The van der Waals surface area contributed by atoms with E-state index < -0.39 is 54.4 Å². The molecule has 0 aliphatic rings. The van der Waals surface area contributed by atoms with Gasteiger partial charge in [0, 0.05) is 0 Å². The minimum atomic E-state index is -1.28. The van der Waals surface area contributed by atoms with Crippen LogP contribution in [0.4, 0.5) is 4.79 Å². The Morgan fingerprint density at radius 3 is 1.86 bits per heavy atom. The van der Waals surface area contributed by atoms with Crippen molar-refractivity contribution >= 4 is 29.8 Å². The second-order valence-electron chi connectivity index (χ2n) is 6.09. The van der Waals surface area contributed by atoms with Gasteiger partial charge in [-0.15, -0.1) is 0 Å². The number of ether oxygens (including phenoxy) is 3. The highest BCUT2D eigenvalue weighted by atomic mass is 16.5. The van der Waals surface area contributed by atoms with Gasteiger partial charge >= 0.3 is 23.9 Å². The molecular formula is C17H29N3O8. The second kappa shape index (κ2) is 12.5. The smallest absolute Gasteiger partial charge is 0.329 e. The Morgan fingerprint density at radius 2 is 1.39 bits per heavy atom. The minimum Gasteiger partial charge on any atom is -0.469 e. The zero-order valence-corrected chi connectivity index (χ0v) is 17.0. The lowest BCUT2D eigenvalue weighted by molar-refractivity contribution is -0.149. The molecule has 11 heteroatoms. The summed E-state index contributed by atoms with van der Waals surface area (Å²) in [5.74, 6) is -2.96. The van der Waals surface area contributed by atoms with Gasteiger partial charge in [0.05, 0.1) is 27.8 Å². The van der Waals surface area contributed by atoms with Crippen LogP contribution in [0.2, 0.25) is 0 Å². The Balaban J connectivity index is 4.92. The van der Waals surface area contributed by atoms with Gasteiger partial charge in [-0.05, 0) is 12.8 Å². The number of rotatable bonds is 10. The van der Waals surface area contributed by atoms with Crippen molar-refractivity contribution in [2.45, 2.75) is 51.7 Å². The van der Waals surface area contributed by atoms with Crippen LogP contribution in [0.1, 0.15) is 33.6 Å². The summed E-state index contributed by atoms with van der Waals surface area (Å²) in [7, 11) is 3.45. The van der Waals surface area contributed by atoms with Crippen LogP contribution in [-0.4, -0.2) is 69.3 Å². The minimum absolute atomic E-state index is 0.179. The zero-order chi connectivity index (χ0) is 21.9. The Morgan fingerprint density at radius 1 is 0.821 bits per heavy atom. The fraction of sp³-hybridized carbons (Fsp3) is 0.706. The second-order valence-corrected chi connectivity index (χ2v) is 6.09. The number of amides is 3. The van der Waals surface area contributed by atoms with Crippen LogP contribution in [0, 0.1) is 5.92 Å². The van der Waals surface area contributed by atoms with Gasteiger partial charge in [0.15, 0.2) is 0 Å². The number of carbonyl (C=O) groups is 5. The van der Waals surface area contributed by atoms with E-state index in [2.05, 4.69) is 30.2 Å². The third-order valence-electron chi connectivity index (χ3n) is 4.10. The van der Waals surface area contributed by atoms with E-state index in [0.29, 0.717) is 6.42 Å². The summed E-state index contributed by atoms with van der Waals surface area (Å²) in [5, 5.41) is 7.10. The highest BCUT2D eigenvalue weighted by molar-refractivity contribution is 5.92. The Labute approximate surface area is 163 Å². The van der Waals surface area contributed by atoms with E-state index in [4.69, 9.17) is 0 Å². The molecule has 3 amide bonds. The first-order valence-corrected chi connectivity index (χ1v) is 8.70. The van der Waals surface area contributed by atoms with Gasteiger partial charge in [0.2, 0.25) is 5.91 Å². The van der Waals surface area contributed by atoms with Crippen molar-refractivity contribution < 1.29 is 38.2 Å². The van der Waals surface area contributed by atoms with Crippen molar-refractivity contribution in [2.24, 2.45) is 5.92 Å². The van der Waals surface area contributed by atoms with Gasteiger partial charge in [0.1, 0.15) is 18.1 Å².